The van der Waals surface area contributed by atoms with Gasteiger partial charge in [0.2, 0.25) is 0 Å². The average molecular weight is 307 g/mol. The van der Waals surface area contributed by atoms with Gasteiger partial charge in [0.05, 0.1) is 23.3 Å². The van der Waals surface area contributed by atoms with Gasteiger partial charge in [-0.05, 0) is 31.4 Å². The smallest absolute Gasteiger partial charge is 0.274 e. The van der Waals surface area contributed by atoms with Gasteiger partial charge in [-0.25, -0.2) is 9.97 Å². The second-order valence-corrected chi connectivity index (χ2v) is 5.74. The number of aromatic amines is 1. The van der Waals surface area contributed by atoms with Gasteiger partial charge in [-0.1, -0.05) is 12.1 Å². The number of nitrogens with zero attached hydrogens (tertiary/aromatic N) is 4. The number of amides is 1. The molecule has 4 rings (SSSR count). The molecule has 6 nitrogen and oxygen atoms in total. The van der Waals surface area contributed by atoms with Crippen LogP contribution in [-0.4, -0.2) is 37.3 Å². The number of para-hydroxylation sites is 2. The Morgan fingerprint density at radius 1 is 1.22 bits per heavy atom. The lowest BCUT2D eigenvalue weighted by Crippen LogP contribution is -2.39. The molecule has 1 saturated heterocycles. The molecular formula is C17H17N5O. The van der Waals surface area contributed by atoms with Crippen molar-refractivity contribution >= 4 is 16.9 Å². The largest absolute Gasteiger partial charge is 0.340 e. The number of aromatic nitrogens is 4. The lowest BCUT2D eigenvalue weighted by molar-refractivity contribution is 0.0594. The molecule has 1 aliphatic rings. The predicted molar refractivity (Wildman–Crippen MR) is 85.8 cm³/mol. The molecule has 3 heterocycles. The molecule has 23 heavy (non-hydrogen) atoms. The van der Waals surface area contributed by atoms with Crippen LogP contribution >= 0.6 is 0 Å². The van der Waals surface area contributed by atoms with Gasteiger partial charge in [0.15, 0.2) is 0 Å². The van der Waals surface area contributed by atoms with Crippen LogP contribution in [0.15, 0.2) is 42.9 Å². The first-order valence-corrected chi connectivity index (χ1v) is 7.84. The normalized spacial score (nSPS) is 18.3. The maximum atomic E-state index is 12.8. The zero-order valence-electron chi connectivity index (χ0n) is 12.6. The summed E-state index contributed by atoms with van der Waals surface area (Å²) in [5, 5.41) is 0. The van der Waals surface area contributed by atoms with Crippen molar-refractivity contribution in [2.24, 2.45) is 0 Å². The predicted octanol–water partition coefficient (Wildman–Crippen LogP) is 2.72. The fourth-order valence-electron chi connectivity index (χ4n) is 3.15. The van der Waals surface area contributed by atoms with Gasteiger partial charge < -0.3 is 9.88 Å². The SMILES string of the molecule is O=C(c1cnccn1)N1CCCC[C@@H]1c1nc2ccccc2[nH]1. The Labute approximate surface area is 133 Å². The van der Waals surface area contributed by atoms with Crippen LogP contribution in [0.3, 0.4) is 0 Å². The Morgan fingerprint density at radius 2 is 2.13 bits per heavy atom. The second-order valence-electron chi connectivity index (χ2n) is 5.74. The molecule has 3 aromatic rings. The van der Waals surface area contributed by atoms with E-state index in [2.05, 4.69) is 19.9 Å². The number of carbonyl (C=O) groups excluding carboxylic acids is 1. The van der Waals surface area contributed by atoms with E-state index in [4.69, 9.17) is 0 Å². The molecule has 0 radical (unpaired) electrons. The van der Waals surface area contributed by atoms with Crippen molar-refractivity contribution in [3.8, 4) is 0 Å². The highest BCUT2D eigenvalue weighted by atomic mass is 16.2. The first-order chi connectivity index (χ1) is 11.3. The van der Waals surface area contributed by atoms with Gasteiger partial charge in [0.1, 0.15) is 11.5 Å². The number of hydrogen-bond acceptors (Lipinski definition) is 4. The molecule has 1 amide bonds. The monoisotopic (exact) mass is 307 g/mol. The van der Waals surface area contributed by atoms with Crippen molar-refractivity contribution in [1.82, 2.24) is 24.8 Å². The molecule has 0 aliphatic carbocycles. The van der Waals surface area contributed by atoms with Crippen molar-refractivity contribution in [2.75, 3.05) is 6.54 Å². The summed E-state index contributed by atoms with van der Waals surface area (Å²) in [5.41, 5.74) is 2.32. The van der Waals surface area contributed by atoms with Crippen LogP contribution in [0.5, 0.6) is 0 Å². The fourth-order valence-corrected chi connectivity index (χ4v) is 3.15. The summed E-state index contributed by atoms with van der Waals surface area (Å²) in [5.74, 6) is 0.770. The van der Waals surface area contributed by atoms with E-state index in [1.807, 2.05) is 29.2 Å². The highest BCUT2D eigenvalue weighted by Crippen LogP contribution is 2.31. The summed E-state index contributed by atoms with van der Waals surface area (Å²) < 4.78 is 0. The van der Waals surface area contributed by atoms with Crippen LogP contribution in [0.4, 0.5) is 0 Å². The van der Waals surface area contributed by atoms with Crippen LogP contribution in [0, 0.1) is 0 Å². The molecule has 1 atom stereocenters. The van der Waals surface area contributed by atoms with Crippen molar-refractivity contribution in [1.29, 1.82) is 0 Å². The number of hydrogen-bond donors (Lipinski definition) is 1. The molecule has 1 N–H and O–H groups in total. The van der Waals surface area contributed by atoms with E-state index < -0.39 is 0 Å². The van der Waals surface area contributed by atoms with Crippen molar-refractivity contribution in [3.63, 3.8) is 0 Å². The standard InChI is InChI=1S/C17H17N5O/c23-17(14-11-18-8-9-19-14)22-10-4-3-7-15(22)16-20-12-5-1-2-6-13(12)21-16/h1-2,5-6,8-9,11,15H,3-4,7,10H2,(H,20,21)/t15-/m1/s1. The summed E-state index contributed by atoms with van der Waals surface area (Å²) in [6, 6.07) is 7.89. The summed E-state index contributed by atoms with van der Waals surface area (Å²) in [6.45, 7) is 0.719. The van der Waals surface area contributed by atoms with Gasteiger partial charge in [-0.3, -0.25) is 9.78 Å². The Morgan fingerprint density at radius 3 is 2.96 bits per heavy atom. The summed E-state index contributed by atoms with van der Waals surface area (Å²) in [7, 11) is 0. The number of piperidine rings is 1. The maximum absolute atomic E-state index is 12.8. The topological polar surface area (TPSA) is 74.8 Å². The second kappa shape index (κ2) is 5.79. The maximum Gasteiger partial charge on any atom is 0.274 e. The number of rotatable bonds is 2. The molecule has 0 unspecified atom stereocenters. The van der Waals surface area contributed by atoms with Crippen LogP contribution in [0.25, 0.3) is 11.0 Å². The number of fused-ring (bicyclic) bond motifs is 1. The minimum absolute atomic E-state index is 0.0364. The number of H-pyrrole nitrogens is 1. The quantitative estimate of drug-likeness (QED) is 0.790. The van der Waals surface area contributed by atoms with Gasteiger partial charge in [-0.15, -0.1) is 0 Å². The summed E-state index contributed by atoms with van der Waals surface area (Å²) in [6.07, 6.45) is 7.64. The number of benzene rings is 1. The molecular weight excluding hydrogens is 290 g/mol. The molecule has 6 heteroatoms. The lowest BCUT2D eigenvalue weighted by Gasteiger charge is -2.34. The minimum Gasteiger partial charge on any atom is -0.340 e. The number of nitrogens with one attached hydrogen (secondary N) is 1. The van der Waals surface area contributed by atoms with E-state index in [0.29, 0.717) is 5.69 Å². The van der Waals surface area contributed by atoms with Gasteiger partial charge in [-0.2, -0.15) is 0 Å². The fraction of sp³-hybridized carbons (Fsp3) is 0.294. The molecule has 0 saturated carbocycles. The Balaban J connectivity index is 1.69. The number of carbonyl (C=O) groups is 1. The number of imidazole rings is 1. The van der Waals surface area contributed by atoms with Gasteiger partial charge in [0, 0.05) is 18.9 Å². The minimum atomic E-state index is -0.0803. The Kier molecular flexibility index (Phi) is 3.49. The lowest BCUT2D eigenvalue weighted by atomic mass is 10.0. The molecule has 1 fully saturated rings. The van der Waals surface area contributed by atoms with E-state index in [1.165, 1.54) is 6.20 Å². The Hall–Kier alpha value is -2.76. The Bertz CT molecular complexity index is 796. The highest BCUT2D eigenvalue weighted by Gasteiger charge is 2.31. The van der Waals surface area contributed by atoms with Gasteiger partial charge >= 0.3 is 0 Å². The van der Waals surface area contributed by atoms with Crippen molar-refractivity contribution < 1.29 is 4.79 Å². The van der Waals surface area contributed by atoms with Crippen LogP contribution < -0.4 is 0 Å². The highest BCUT2D eigenvalue weighted by molar-refractivity contribution is 5.92. The molecule has 0 bridgehead atoms. The van der Waals surface area contributed by atoms with E-state index >= 15 is 0 Å². The molecule has 116 valence electrons. The van der Waals surface area contributed by atoms with Crippen LogP contribution in [0.2, 0.25) is 0 Å². The van der Waals surface area contributed by atoms with Crippen LogP contribution in [0.1, 0.15) is 41.6 Å². The molecule has 1 aliphatic heterocycles. The number of likely N-dealkylation sites (tertiary alicyclic amines) is 1. The molecule has 2 aromatic heterocycles. The zero-order chi connectivity index (χ0) is 15.6. The van der Waals surface area contributed by atoms with E-state index in [1.54, 1.807) is 12.4 Å². The third-order valence-corrected chi connectivity index (χ3v) is 4.27. The molecule has 0 spiro atoms. The van der Waals surface area contributed by atoms with Gasteiger partial charge in [0.25, 0.3) is 5.91 Å². The van der Waals surface area contributed by atoms with Crippen LogP contribution in [-0.2, 0) is 0 Å². The van der Waals surface area contributed by atoms with E-state index in [0.717, 1.165) is 42.7 Å². The summed E-state index contributed by atoms with van der Waals surface area (Å²) in [4.78, 5) is 30.8. The third-order valence-electron chi connectivity index (χ3n) is 4.27. The zero-order valence-corrected chi connectivity index (χ0v) is 12.6. The van der Waals surface area contributed by atoms with Crippen molar-refractivity contribution in [2.45, 2.75) is 25.3 Å². The first kappa shape index (κ1) is 13.9. The first-order valence-electron chi connectivity index (χ1n) is 7.84. The van der Waals surface area contributed by atoms with E-state index in [-0.39, 0.29) is 11.9 Å². The van der Waals surface area contributed by atoms with E-state index in [9.17, 15) is 4.79 Å². The average Bonchev–Trinajstić information content (AvgIpc) is 3.06. The third kappa shape index (κ3) is 2.56. The summed E-state index contributed by atoms with van der Waals surface area (Å²) >= 11 is 0. The van der Waals surface area contributed by atoms with Crippen molar-refractivity contribution in [3.05, 3.63) is 54.4 Å². The molecule has 1 aromatic carbocycles.